The molecule has 1 rings (SSSR count). The highest BCUT2D eigenvalue weighted by atomic mass is 17.0. The standard InChI is InChI=1S/C5H7N5O3/c1-3-4(13-10(11)12)2-9(8-3)5(6)7/h2H,1H3,(H3,6,7). The van der Waals surface area contributed by atoms with E-state index in [1.54, 1.807) is 0 Å². The quantitative estimate of drug-likeness (QED) is 0.278. The summed E-state index contributed by atoms with van der Waals surface area (Å²) >= 11 is 0. The second kappa shape index (κ2) is 3.09. The summed E-state index contributed by atoms with van der Waals surface area (Å²) in [4.78, 5) is 14.1. The van der Waals surface area contributed by atoms with Gasteiger partial charge in [0, 0.05) is 0 Å². The van der Waals surface area contributed by atoms with Gasteiger partial charge in [-0.2, -0.15) is 5.10 Å². The molecule has 8 heteroatoms. The molecule has 70 valence electrons. The lowest BCUT2D eigenvalue weighted by Crippen LogP contribution is -2.20. The third kappa shape index (κ3) is 1.92. The van der Waals surface area contributed by atoms with Crippen molar-refractivity contribution in [2.24, 2.45) is 5.73 Å². The van der Waals surface area contributed by atoms with E-state index in [0.29, 0.717) is 5.69 Å². The molecule has 0 bridgehead atoms. The van der Waals surface area contributed by atoms with Crippen molar-refractivity contribution in [2.75, 3.05) is 0 Å². The van der Waals surface area contributed by atoms with Crippen LogP contribution in [0.2, 0.25) is 0 Å². The Labute approximate surface area is 72.5 Å². The van der Waals surface area contributed by atoms with Gasteiger partial charge in [0.05, 0.1) is 11.9 Å². The maximum Gasteiger partial charge on any atom is 0.299 e. The highest BCUT2D eigenvalue weighted by Gasteiger charge is 2.09. The predicted molar refractivity (Wildman–Crippen MR) is 41.9 cm³/mol. The third-order valence-corrected chi connectivity index (χ3v) is 1.27. The maximum absolute atomic E-state index is 9.96. The molecule has 1 heterocycles. The number of nitrogen functional groups attached to an aromatic ring is 1. The minimum absolute atomic E-state index is 0.0276. The van der Waals surface area contributed by atoms with Crippen LogP contribution in [0, 0.1) is 22.4 Å². The van der Waals surface area contributed by atoms with Crippen LogP contribution < -0.4 is 10.6 Å². The fourth-order valence-corrected chi connectivity index (χ4v) is 0.738. The Kier molecular flexibility index (Phi) is 2.13. The van der Waals surface area contributed by atoms with Crippen LogP contribution in [0.5, 0.6) is 5.75 Å². The average Bonchev–Trinajstić information content (AvgIpc) is 2.31. The van der Waals surface area contributed by atoms with Gasteiger partial charge < -0.3 is 5.73 Å². The minimum Gasteiger partial charge on any atom is -0.368 e. The topological polar surface area (TPSA) is 120 Å². The van der Waals surface area contributed by atoms with Crippen LogP contribution in [0.3, 0.4) is 0 Å². The smallest absolute Gasteiger partial charge is 0.299 e. The second-order valence-corrected chi connectivity index (χ2v) is 2.22. The van der Waals surface area contributed by atoms with Gasteiger partial charge in [-0.25, -0.2) is 4.68 Å². The average molecular weight is 185 g/mol. The van der Waals surface area contributed by atoms with E-state index >= 15 is 0 Å². The summed E-state index contributed by atoms with van der Waals surface area (Å²) in [5.74, 6) is -0.360. The molecule has 3 N–H and O–H groups in total. The van der Waals surface area contributed by atoms with Crippen LogP contribution in [-0.4, -0.2) is 20.8 Å². The van der Waals surface area contributed by atoms with E-state index in [1.807, 2.05) is 0 Å². The van der Waals surface area contributed by atoms with Crippen molar-refractivity contribution in [2.45, 2.75) is 6.92 Å². The van der Waals surface area contributed by atoms with Gasteiger partial charge in [0.25, 0.3) is 5.09 Å². The summed E-state index contributed by atoms with van der Waals surface area (Å²) in [6.45, 7) is 1.51. The Morgan fingerprint density at radius 2 is 2.54 bits per heavy atom. The first kappa shape index (κ1) is 8.97. The number of aromatic nitrogens is 2. The Balaban J connectivity index is 2.96. The fraction of sp³-hybridized carbons (Fsp3) is 0.200. The SMILES string of the molecule is Cc1nn(C(=N)N)cc1O[N+](=O)[O-]. The van der Waals surface area contributed by atoms with Crippen molar-refractivity contribution < 1.29 is 9.92 Å². The van der Waals surface area contributed by atoms with E-state index in [0.717, 1.165) is 4.68 Å². The first-order chi connectivity index (χ1) is 6.00. The molecular weight excluding hydrogens is 178 g/mol. The van der Waals surface area contributed by atoms with Crippen LogP contribution in [0.25, 0.3) is 0 Å². The van der Waals surface area contributed by atoms with Gasteiger partial charge in [-0.1, -0.05) is 0 Å². The third-order valence-electron chi connectivity index (χ3n) is 1.27. The predicted octanol–water partition coefficient (Wildman–Crippen LogP) is -0.496. The highest BCUT2D eigenvalue weighted by Crippen LogP contribution is 2.14. The van der Waals surface area contributed by atoms with Gasteiger partial charge in [0.2, 0.25) is 5.96 Å². The molecule has 0 aromatic carbocycles. The highest BCUT2D eigenvalue weighted by molar-refractivity contribution is 5.76. The number of aryl methyl sites for hydroxylation is 1. The van der Waals surface area contributed by atoms with E-state index in [2.05, 4.69) is 9.94 Å². The molecule has 1 aromatic rings. The molecule has 0 unspecified atom stereocenters. The zero-order valence-electron chi connectivity index (χ0n) is 6.72. The van der Waals surface area contributed by atoms with E-state index in [4.69, 9.17) is 11.1 Å². The Morgan fingerprint density at radius 3 is 2.92 bits per heavy atom. The van der Waals surface area contributed by atoms with Gasteiger partial charge in [-0.05, 0) is 6.92 Å². The van der Waals surface area contributed by atoms with E-state index in [1.165, 1.54) is 13.1 Å². The van der Waals surface area contributed by atoms with Crippen molar-refractivity contribution in [3.05, 3.63) is 22.0 Å². The van der Waals surface area contributed by atoms with E-state index in [9.17, 15) is 10.1 Å². The molecule has 0 saturated carbocycles. The summed E-state index contributed by atoms with van der Waals surface area (Å²) in [6.07, 6.45) is 1.17. The summed E-state index contributed by atoms with van der Waals surface area (Å²) in [7, 11) is 0. The molecule has 13 heavy (non-hydrogen) atoms. The molecule has 0 saturated heterocycles. The second-order valence-electron chi connectivity index (χ2n) is 2.22. The van der Waals surface area contributed by atoms with Crippen LogP contribution in [0.4, 0.5) is 0 Å². The van der Waals surface area contributed by atoms with Crippen molar-refractivity contribution >= 4 is 5.96 Å². The number of nitrogens with two attached hydrogens (primary N) is 1. The summed E-state index contributed by atoms with van der Waals surface area (Å²) in [6, 6.07) is 0. The Morgan fingerprint density at radius 1 is 1.92 bits per heavy atom. The first-order valence-electron chi connectivity index (χ1n) is 3.23. The Bertz CT molecular complexity index is 357. The number of rotatable bonds is 2. The number of hydrogen-bond donors (Lipinski definition) is 2. The van der Waals surface area contributed by atoms with Crippen LogP contribution in [0.15, 0.2) is 6.20 Å². The lowest BCUT2D eigenvalue weighted by atomic mass is 10.5. The summed E-state index contributed by atoms with van der Waals surface area (Å²) in [5, 5.41) is 19.7. The zero-order valence-corrected chi connectivity index (χ0v) is 6.72. The van der Waals surface area contributed by atoms with Crippen LogP contribution in [0.1, 0.15) is 5.69 Å². The minimum atomic E-state index is -0.950. The Hall–Kier alpha value is -2.12. The molecule has 0 aliphatic rings. The molecular formula is C5H7N5O3. The van der Waals surface area contributed by atoms with E-state index < -0.39 is 5.09 Å². The lowest BCUT2D eigenvalue weighted by Gasteiger charge is -1.92. The molecule has 0 atom stereocenters. The normalized spacial score (nSPS) is 9.62. The van der Waals surface area contributed by atoms with Gasteiger partial charge in [-0.15, -0.1) is 10.1 Å². The largest absolute Gasteiger partial charge is 0.368 e. The lowest BCUT2D eigenvalue weighted by molar-refractivity contribution is -0.711. The summed E-state index contributed by atoms with van der Waals surface area (Å²) < 4.78 is 0.980. The number of nitrogens with zero attached hydrogens (tertiary/aromatic N) is 3. The van der Waals surface area contributed by atoms with Gasteiger partial charge in [0.15, 0.2) is 5.75 Å². The molecule has 0 radical (unpaired) electrons. The van der Waals surface area contributed by atoms with E-state index in [-0.39, 0.29) is 11.7 Å². The molecule has 1 aromatic heterocycles. The maximum atomic E-state index is 9.96. The van der Waals surface area contributed by atoms with Crippen molar-refractivity contribution in [3.63, 3.8) is 0 Å². The number of nitrogens with one attached hydrogen (secondary N) is 1. The molecule has 0 fully saturated rings. The monoisotopic (exact) mass is 185 g/mol. The van der Waals surface area contributed by atoms with Crippen LogP contribution >= 0.6 is 0 Å². The first-order valence-corrected chi connectivity index (χ1v) is 3.23. The van der Waals surface area contributed by atoms with Gasteiger partial charge >= 0.3 is 0 Å². The van der Waals surface area contributed by atoms with Gasteiger partial charge in [-0.3, -0.25) is 10.2 Å². The van der Waals surface area contributed by atoms with Crippen LogP contribution in [-0.2, 0) is 0 Å². The molecule has 0 amide bonds. The molecule has 0 aliphatic heterocycles. The summed E-state index contributed by atoms with van der Waals surface area (Å²) in [5.41, 5.74) is 5.38. The van der Waals surface area contributed by atoms with Crippen molar-refractivity contribution in [1.29, 1.82) is 5.41 Å². The molecule has 0 aliphatic carbocycles. The molecule has 8 nitrogen and oxygen atoms in total. The fourth-order valence-electron chi connectivity index (χ4n) is 0.738. The van der Waals surface area contributed by atoms with Crippen molar-refractivity contribution in [3.8, 4) is 5.75 Å². The van der Waals surface area contributed by atoms with Crippen molar-refractivity contribution in [1.82, 2.24) is 9.78 Å². The zero-order chi connectivity index (χ0) is 10.0. The molecule has 0 spiro atoms. The van der Waals surface area contributed by atoms with Gasteiger partial charge in [0.1, 0.15) is 0 Å². The number of hydrogen-bond acceptors (Lipinski definition) is 5.